The zero-order valence-electron chi connectivity index (χ0n) is 12.9. The lowest BCUT2D eigenvalue weighted by Crippen LogP contribution is -2.41. The Balaban J connectivity index is 3.38. The van der Waals surface area contributed by atoms with E-state index in [1.54, 1.807) is 13.8 Å². The Morgan fingerprint density at radius 1 is 1.43 bits per heavy atom. The van der Waals surface area contributed by atoms with Gasteiger partial charge in [-0.1, -0.05) is 6.92 Å². The largest absolute Gasteiger partial charge is 0.383 e. The first kappa shape index (κ1) is 18.0. The van der Waals surface area contributed by atoms with Crippen LogP contribution in [0.4, 0.5) is 4.39 Å². The minimum Gasteiger partial charge on any atom is -0.383 e. The maximum absolute atomic E-state index is 13.9. The summed E-state index contributed by atoms with van der Waals surface area (Å²) < 4.78 is 45.8. The number of rotatable bonds is 7. The molecule has 120 valence electrons. The maximum Gasteiger partial charge on any atom is 0.243 e. The Morgan fingerprint density at radius 2 is 2.05 bits per heavy atom. The molecular weight excluding hydrogens is 295 g/mol. The zero-order valence-corrected chi connectivity index (χ0v) is 13.7. The Bertz CT molecular complexity index is 590. The number of halogens is 1. The molecular formula is C14H23FN2O3S. The number of nitrogens with zero attached hydrogens (tertiary/aromatic N) is 1. The summed E-state index contributed by atoms with van der Waals surface area (Å²) >= 11 is 0. The summed E-state index contributed by atoms with van der Waals surface area (Å²) in [4.78, 5) is -0.0345. The van der Waals surface area contributed by atoms with E-state index in [4.69, 9.17) is 10.5 Å². The van der Waals surface area contributed by atoms with Crippen molar-refractivity contribution in [1.29, 1.82) is 0 Å². The first-order chi connectivity index (χ1) is 9.79. The summed E-state index contributed by atoms with van der Waals surface area (Å²) in [6.07, 6.45) is 0. The van der Waals surface area contributed by atoms with Gasteiger partial charge in [-0.05, 0) is 31.5 Å². The third kappa shape index (κ3) is 3.79. The topological polar surface area (TPSA) is 72.6 Å². The minimum absolute atomic E-state index is 0.0345. The quantitative estimate of drug-likeness (QED) is 0.829. The van der Waals surface area contributed by atoms with Gasteiger partial charge in [0.25, 0.3) is 0 Å². The molecule has 5 nitrogen and oxygen atoms in total. The van der Waals surface area contributed by atoms with Crippen molar-refractivity contribution in [3.8, 4) is 0 Å². The summed E-state index contributed by atoms with van der Waals surface area (Å²) in [6.45, 7) is 5.58. The molecule has 0 aliphatic carbocycles. The highest BCUT2D eigenvalue weighted by Crippen LogP contribution is 2.25. The minimum atomic E-state index is -3.80. The van der Waals surface area contributed by atoms with Crippen LogP contribution in [0.1, 0.15) is 25.0 Å². The fraction of sp³-hybridized carbons (Fsp3) is 0.571. The molecule has 7 heteroatoms. The number of nitrogens with two attached hydrogens (primary N) is 1. The van der Waals surface area contributed by atoms with Crippen LogP contribution < -0.4 is 5.73 Å². The molecule has 0 bridgehead atoms. The van der Waals surface area contributed by atoms with E-state index in [1.165, 1.54) is 30.5 Å². The van der Waals surface area contributed by atoms with E-state index < -0.39 is 15.8 Å². The molecule has 2 N–H and O–H groups in total. The smallest absolute Gasteiger partial charge is 0.243 e. The van der Waals surface area contributed by atoms with Gasteiger partial charge in [-0.3, -0.25) is 0 Å². The number of methoxy groups -OCH3 is 1. The third-order valence-corrected chi connectivity index (χ3v) is 5.61. The van der Waals surface area contributed by atoms with Crippen LogP contribution in [0, 0.1) is 12.7 Å². The highest BCUT2D eigenvalue weighted by atomic mass is 32.2. The molecule has 1 aromatic carbocycles. The van der Waals surface area contributed by atoms with E-state index in [9.17, 15) is 12.8 Å². The standard InChI is InChI=1S/C14H23FN2O3S/c1-5-17(10(2)9-20-4)21(18,19)14-7-12(8-16)6-13(15)11(14)3/h6-7,10H,5,8-9,16H2,1-4H3. The molecule has 0 aliphatic heterocycles. The van der Waals surface area contributed by atoms with E-state index in [1.807, 2.05) is 0 Å². The number of hydrogen-bond donors (Lipinski definition) is 1. The molecule has 0 saturated carbocycles. The van der Waals surface area contributed by atoms with Gasteiger partial charge in [0.1, 0.15) is 5.82 Å². The van der Waals surface area contributed by atoms with Crippen LogP contribution in [0.15, 0.2) is 17.0 Å². The van der Waals surface area contributed by atoms with Gasteiger partial charge in [-0.15, -0.1) is 0 Å². The van der Waals surface area contributed by atoms with Crippen molar-refractivity contribution in [1.82, 2.24) is 4.31 Å². The number of sulfonamides is 1. The lowest BCUT2D eigenvalue weighted by Gasteiger charge is -2.27. The predicted octanol–water partition coefficient (Wildman–Crippen LogP) is 1.64. The van der Waals surface area contributed by atoms with Crippen molar-refractivity contribution in [3.05, 3.63) is 29.1 Å². The van der Waals surface area contributed by atoms with Gasteiger partial charge in [0.15, 0.2) is 0 Å². The Labute approximate surface area is 125 Å². The van der Waals surface area contributed by atoms with Crippen LogP contribution in [0.3, 0.4) is 0 Å². The highest BCUT2D eigenvalue weighted by molar-refractivity contribution is 7.89. The second-order valence-electron chi connectivity index (χ2n) is 4.92. The average Bonchev–Trinajstić information content (AvgIpc) is 2.42. The Morgan fingerprint density at radius 3 is 2.52 bits per heavy atom. The Hall–Kier alpha value is -1.02. The molecule has 0 amide bonds. The fourth-order valence-electron chi connectivity index (χ4n) is 2.26. The third-order valence-electron chi connectivity index (χ3n) is 3.39. The number of benzene rings is 1. The first-order valence-electron chi connectivity index (χ1n) is 6.79. The molecule has 0 aromatic heterocycles. The summed E-state index contributed by atoms with van der Waals surface area (Å²) in [7, 11) is -2.29. The number of ether oxygens (including phenoxy) is 1. The molecule has 0 aliphatic rings. The predicted molar refractivity (Wildman–Crippen MR) is 79.9 cm³/mol. The molecule has 0 saturated heterocycles. The van der Waals surface area contributed by atoms with E-state index in [0.29, 0.717) is 5.56 Å². The molecule has 0 heterocycles. The summed E-state index contributed by atoms with van der Waals surface area (Å²) in [5, 5.41) is 0. The van der Waals surface area contributed by atoms with Crippen molar-refractivity contribution in [3.63, 3.8) is 0 Å². The van der Waals surface area contributed by atoms with E-state index in [-0.39, 0.29) is 36.2 Å². The van der Waals surface area contributed by atoms with Crippen LogP contribution in [-0.4, -0.2) is 39.0 Å². The van der Waals surface area contributed by atoms with Crippen LogP contribution in [0.5, 0.6) is 0 Å². The normalized spacial score (nSPS) is 13.7. The van der Waals surface area contributed by atoms with E-state index >= 15 is 0 Å². The average molecular weight is 318 g/mol. The summed E-state index contributed by atoms with van der Waals surface area (Å²) in [5.41, 5.74) is 6.06. The van der Waals surface area contributed by atoms with Crippen molar-refractivity contribution < 1.29 is 17.5 Å². The second kappa shape index (κ2) is 7.31. The van der Waals surface area contributed by atoms with Gasteiger partial charge in [0.05, 0.1) is 11.5 Å². The van der Waals surface area contributed by atoms with Gasteiger partial charge in [0.2, 0.25) is 10.0 Å². The first-order valence-corrected chi connectivity index (χ1v) is 8.23. The lowest BCUT2D eigenvalue weighted by molar-refractivity contribution is 0.142. The molecule has 1 aromatic rings. The molecule has 21 heavy (non-hydrogen) atoms. The summed E-state index contributed by atoms with van der Waals surface area (Å²) in [6, 6.07) is 2.37. The Kier molecular flexibility index (Phi) is 6.27. The molecule has 0 fully saturated rings. The molecule has 1 rings (SSSR count). The number of likely N-dealkylation sites (N-methyl/N-ethyl adjacent to an activating group) is 1. The van der Waals surface area contributed by atoms with Gasteiger partial charge in [0, 0.05) is 31.8 Å². The summed E-state index contributed by atoms with van der Waals surface area (Å²) in [5.74, 6) is -0.563. The lowest BCUT2D eigenvalue weighted by atomic mass is 10.1. The van der Waals surface area contributed by atoms with Crippen molar-refractivity contribution in [2.45, 2.75) is 38.3 Å². The molecule has 0 radical (unpaired) electrons. The van der Waals surface area contributed by atoms with Crippen molar-refractivity contribution >= 4 is 10.0 Å². The number of hydrogen-bond acceptors (Lipinski definition) is 4. The van der Waals surface area contributed by atoms with Gasteiger partial charge in [-0.2, -0.15) is 4.31 Å². The zero-order chi connectivity index (χ0) is 16.2. The monoisotopic (exact) mass is 318 g/mol. The van der Waals surface area contributed by atoms with Crippen molar-refractivity contribution in [2.75, 3.05) is 20.3 Å². The fourth-order valence-corrected chi connectivity index (χ4v) is 4.17. The maximum atomic E-state index is 13.9. The molecule has 1 atom stereocenters. The van der Waals surface area contributed by atoms with Crippen LogP contribution >= 0.6 is 0 Å². The van der Waals surface area contributed by atoms with Gasteiger partial charge < -0.3 is 10.5 Å². The van der Waals surface area contributed by atoms with E-state index in [0.717, 1.165) is 0 Å². The second-order valence-corrected chi connectivity index (χ2v) is 6.78. The van der Waals surface area contributed by atoms with Gasteiger partial charge in [-0.25, -0.2) is 12.8 Å². The molecule has 0 spiro atoms. The van der Waals surface area contributed by atoms with Crippen LogP contribution in [0.25, 0.3) is 0 Å². The van der Waals surface area contributed by atoms with E-state index in [2.05, 4.69) is 0 Å². The van der Waals surface area contributed by atoms with Crippen molar-refractivity contribution in [2.24, 2.45) is 5.73 Å². The van der Waals surface area contributed by atoms with Crippen LogP contribution in [-0.2, 0) is 21.3 Å². The van der Waals surface area contributed by atoms with Gasteiger partial charge >= 0.3 is 0 Å². The SMILES string of the molecule is CCN(C(C)COC)S(=O)(=O)c1cc(CN)cc(F)c1C. The van der Waals surface area contributed by atoms with Crippen LogP contribution in [0.2, 0.25) is 0 Å². The highest BCUT2D eigenvalue weighted by Gasteiger charge is 2.30. The molecule has 1 unspecified atom stereocenters.